The fourth-order valence-corrected chi connectivity index (χ4v) is 5.53. The lowest BCUT2D eigenvalue weighted by Gasteiger charge is -2.38. The Morgan fingerprint density at radius 2 is 2.04 bits per heavy atom. The van der Waals surface area contributed by atoms with Crippen molar-refractivity contribution in [3.8, 4) is 0 Å². The van der Waals surface area contributed by atoms with Crippen LogP contribution in [-0.2, 0) is 0 Å². The Morgan fingerprint density at radius 3 is 2.79 bits per heavy atom. The first-order chi connectivity index (χ1) is 13.8. The molecule has 3 heterocycles. The minimum atomic E-state index is -0.106. The highest BCUT2D eigenvalue weighted by molar-refractivity contribution is 7.09. The predicted octanol–water partition coefficient (Wildman–Crippen LogP) is 4.30. The summed E-state index contributed by atoms with van der Waals surface area (Å²) in [5, 5.41) is 6.26. The number of carbonyl (C=O) groups is 1. The molecule has 1 aliphatic heterocycles. The molecular weight excluding hydrogens is 368 g/mol. The normalized spacial score (nSPS) is 22.6. The van der Waals surface area contributed by atoms with Gasteiger partial charge in [-0.05, 0) is 56.2 Å². The third kappa shape index (κ3) is 4.97. The van der Waals surface area contributed by atoms with Crippen molar-refractivity contribution in [3.05, 3.63) is 46.7 Å². The molecule has 2 fully saturated rings. The van der Waals surface area contributed by atoms with E-state index in [2.05, 4.69) is 20.2 Å². The van der Waals surface area contributed by atoms with Crippen LogP contribution in [0.15, 0.2) is 36.0 Å². The lowest BCUT2D eigenvalue weighted by Crippen LogP contribution is -2.44. The van der Waals surface area contributed by atoms with Crippen molar-refractivity contribution in [2.75, 3.05) is 19.6 Å². The molecule has 0 radical (unpaired) electrons. The number of rotatable bonds is 6. The molecule has 0 spiro atoms. The van der Waals surface area contributed by atoms with Gasteiger partial charge in [0.05, 0.1) is 6.04 Å². The number of piperidine rings is 1. The van der Waals surface area contributed by atoms with Crippen molar-refractivity contribution in [2.45, 2.75) is 51.0 Å². The zero-order valence-corrected chi connectivity index (χ0v) is 17.2. The summed E-state index contributed by atoms with van der Waals surface area (Å²) in [6.45, 7) is 3.45. The number of likely N-dealkylation sites (tertiary alicyclic amines) is 1. The first kappa shape index (κ1) is 19.5. The standard InChI is InChI=1S/C22H30N4OS/c27-21(19-10-4-5-11-23-19)25-20(22-24-12-14-28-22)18-9-6-13-26(16-18)15-17-7-2-1-3-8-17/h4-5,10-12,14,17-18,20H,1-3,6-9,13,15-16H2,(H,25,27)/t18-,20-/m0/s1. The van der Waals surface area contributed by atoms with E-state index in [1.165, 1.54) is 51.6 Å². The molecule has 0 aromatic carbocycles. The Labute approximate surface area is 171 Å². The maximum absolute atomic E-state index is 12.8. The molecule has 1 saturated heterocycles. The molecule has 1 saturated carbocycles. The van der Waals surface area contributed by atoms with Crippen LogP contribution < -0.4 is 5.32 Å². The average molecular weight is 399 g/mol. The molecule has 1 aliphatic carbocycles. The largest absolute Gasteiger partial charge is 0.341 e. The fourth-order valence-electron chi connectivity index (χ4n) is 4.75. The summed E-state index contributed by atoms with van der Waals surface area (Å²) in [5.41, 5.74) is 0.471. The van der Waals surface area contributed by atoms with Gasteiger partial charge in [0.25, 0.3) is 5.91 Å². The molecule has 1 N–H and O–H groups in total. The number of pyridine rings is 1. The monoisotopic (exact) mass is 398 g/mol. The summed E-state index contributed by atoms with van der Waals surface area (Å²) in [7, 11) is 0. The van der Waals surface area contributed by atoms with Gasteiger partial charge >= 0.3 is 0 Å². The van der Waals surface area contributed by atoms with Crippen molar-refractivity contribution < 1.29 is 4.79 Å². The van der Waals surface area contributed by atoms with Crippen LogP contribution in [0.3, 0.4) is 0 Å². The molecule has 4 rings (SSSR count). The summed E-state index contributed by atoms with van der Waals surface area (Å²) >= 11 is 1.63. The number of carbonyl (C=O) groups excluding carboxylic acids is 1. The lowest BCUT2D eigenvalue weighted by atomic mass is 9.86. The van der Waals surface area contributed by atoms with Crippen LogP contribution in [0.25, 0.3) is 0 Å². The van der Waals surface area contributed by atoms with E-state index in [9.17, 15) is 4.79 Å². The van der Waals surface area contributed by atoms with Crippen molar-refractivity contribution in [2.24, 2.45) is 11.8 Å². The van der Waals surface area contributed by atoms with Crippen LogP contribution in [0.2, 0.25) is 0 Å². The number of hydrogen-bond acceptors (Lipinski definition) is 5. The van der Waals surface area contributed by atoms with Crippen LogP contribution >= 0.6 is 11.3 Å². The molecular formula is C22H30N4OS. The highest BCUT2D eigenvalue weighted by atomic mass is 32.1. The van der Waals surface area contributed by atoms with Crippen molar-refractivity contribution in [1.29, 1.82) is 0 Å². The molecule has 5 nitrogen and oxygen atoms in total. The predicted molar refractivity (Wildman–Crippen MR) is 112 cm³/mol. The number of aromatic nitrogens is 2. The molecule has 28 heavy (non-hydrogen) atoms. The van der Waals surface area contributed by atoms with E-state index in [0.29, 0.717) is 11.6 Å². The van der Waals surface area contributed by atoms with Gasteiger partial charge in [0.1, 0.15) is 10.7 Å². The van der Waals surface area contributed by atoms with E-state index in [-0.39, 0.29) is 11.9 Å². The van der Waals surface area contributed by atoms with Crippen LogP contribution in [-0.4, -0.2) is 40.4 Å². The number of hydrogen-bond donors (Lipinski definition) is 1. The Morgan fingerprint density at radius 1 is 1.14 bits per heavy atom. The third-order valence-corrected chi connectivity index (χ3v) is 7.01. The maximum Gasteiger partial charge on any atom is 0.270 e. The Balaban J connectivity index is 1.44. The van der Waals surface area contributed by atoms with E-state index in [1.807, 2.05) is 23.7 Å². The molecule has 1 amide bonds. The second-order valence-electron chi connectivity index (χ2n) is 8.20. The van der Waals surface area contributed by atoms with Gasteiger partial charge in [0, 0.05) is 30.9 Å². The summed E-state index contributed by atoms with van der Waals surface area (Å²) in [5.74, 6) is 1.15. The summed E-state index contributed by atoms with van der Waals surface area (Å²) in [6.07, 6.45) is 12.8. The molecule has 0 unspecified atom stereocenters. The summed E-state index contributed by atoms with van der Waals surface area (Å²) in [6, 6.07) is 5.42. The van der Waals surface area contributed by atoms with Crippen molar-refractivity contribution in [3.63, 3.8) is 0 Å². The number of nitrogens with one attached hydrogen (secondary N) is 1. The minimum Gasteiger partial charge on any atom is -0.341 e. The zero-order chi connectivity index (χ0) is 19.2. The van der Waals surface area contributed by atoms with Gasteiger partial charge in [-0.25, -0.2) is 4.98 Å². The highest BCUT2D eigenvalue weighted by Gasteiger charge is 2.32. The fraction of sp³-hybridized carbons (Fsp3) is 0.591. The van der Waals surface area contributed by atoms with Crippen LogP contribution in [0.4, 0.5) is 0 Å². The minimum absolute atomic E-state index is 0.0383. The average Bonchev–Trinajstić information content (AvgIpc) is 3.28. The number of thiazole rings is 1. The van der Waals surface area contributed by atoms with Crippen LogP contribution in [0, 0.1) is 11.8 Å². The van der Waals surface area contributed by atoms with Gasteiger partial charge in [-0.3, -0.25) is 9.78 Å². The van der Waals surface area contributed by atoms with Crippen molar-refractivity contribution >= 4 is 17.2 Å². The molecule has 2 aliphatic rings. The Hall–Kier alpha value is -1.79. The van der Waals surface area contributed by atoms with E-state index in [0.717, 1.165) is 23.9 Å². The molecule has 150 valence electrons. The topological polar surface area (TPSA) is 58.1 Å². The van der Waals surface area contributed by atoms with E-state index in [4.69, 9.17) is 0 Å². The second-order valence-corrected chi connectivity index (χ2v) is 9.13. The Bertz CT molecular complexity index is 730. The Kier molecular flexibility index (Phi) is 6.70. The summed E-state index contributed by atoms with van der Waals surface area (Å²) < 4.78 is 0. The first-order valence-corrected chi connectivity index (χ1v) is 11.5. The molecule has 6 heteroatoms. The first-order valence-electron chi connectivity index (χ1n) is 10.6. The van der Waals surface area contributed by atoms with Crippen molar-refractivity contribution in [1.82, 2.24) is 20.2 Å². The van der Waals surface area contributed by atoms with E-state index in [1.54, 1.807) is 23.6 Å². The quantitative estimate of drug-likeness (QED) is 0.788. The van der Waals surface area contributed by atoms with Gasteiger partial charge in [0.15, 0.2) is 0 Å². The molecule has 2 aromatic heterocycles. The van der Waals surface area contributed by atoms with Gasteiger partial charge < -0.3 is 10.2 Å². The third-order valence-electron chi connectivity index (χ3n) is 6.16. The SMILES string of the molecule is O=C(N[C@H](c1nccs1)[C@H]1CCCN(CC2CCCCC2)C1)c1ccccn1. The smallest absolute Gasteiger partial charge is 0.270 e. The zero-order valence-electron chi connectivity index (χ0n) is 16.4. The van der Waals surface area contributed by atoms with Gasteiger partial charge in [-0.2, -0.15) is 0 Å². The lowest BCUT2D eigenvalue weighted by molar-refractivity contribution is 0.0855. The molecule has 2 aromatic rings. The van der Waals surface area contributed by atoms with Crippen LogP contribution in [0.1, 0.15) is 66.5 Å². The van der Waals surface area contributed by atoms with Gasteiger partial charge in [-0.1, -0.05) is 25.3 Å². The van der Waals surface area contributed by atoms with E-state index >= 15 is 0 Å². The molecule has 0 bridgehead atoms. The maximum atomic E-state index is 12.8. The van der Waals surface area contributed by atoms with Gasteiger partial charge in [0.2, 0.25) is 0 Å². The van der Waals surface area contributed by atoms with Gasteiger partial charge in [-0.15, -0.1) is 11.3 Å². The number of nitrogens with zero attached hydrogens (tertiary/aromatic N) is 3. The second kappa shape index (κ2) is 9.61. The molecule has 2 atom stereocenters. The van der Waals surface area contributed by atoms with E-state index < -0.39 is 0 Å². The summed E-state index contributed by atoms with van der Waals surface area (Å²) in [4.78, 5) is 24.2. The highest BCUT2D eigenvalue weighted by Crippen LogP contribution is 2.33. The number of amides is 1. The van der Waals surface area contributed by atoms with Crippen LogP contribution in [0.5, 0.6) is 0 Å².